The van der Waals surface area contributed by atoms with E-state index in [0.29, 0.717) is 30.4 Å². The first-order valence-electron chi connectivity index (χ1n) is 8.41. The molecule has 0 radical (unpaired) electrons. The molecule has 26 heavy (non-hydrogen) atoms. The van der Waals surface area contributed by atoms with E-state index in [1.54, 1.807) is 18.6 Å². The summed E-state index contributed by atoms with van der Waals surface area (Å²) >= 11 is 0. The maximum absolute atomic E-state index is 5.34. The van der Waals surface area contributed by atoms with Crippen LogP contribution in [0, 0.1) is 0 Å². The van der Waals surface area contributed by atoms with Crippen LogP contribution in [-0.4, -0.2) is 34.6 Å². The Morgan fingerprint density at radius 2 is 1.92 bits per heavy atom. The third-order valence-corrected chi connectivity index (χ3v) is 3.89. The van der Waals surface area contributed by atoms with Crippen LogP contribution in [0.2, 0.25) is 0 Å². The Bertz CT molecular complexity index is 993. The van der Waals surface area contributed by atoms with Gasteiger partial charge in [-0.3, -0.25) is 4.98 Å². The molecule has 0 saturated carbocycles. The molecular formula is C18H17N7O. The van der Waals surface area contributed by atoms with Crippen molar-refractivity contribution in [2.24, 2.45) is 0 Å². The number of imidazole rings is 1. The van der Waals surface area contributed by atoms with E-state index in [1.807, 2.05) is 42.0 Å². The van der Waals surface area contributed by atoms with Crippen molar-refractivity contribution < 1.29 is 4.52 Å². The summed E-state index contributed by atoms with van der Waals surface area (Å²) in [6, 6.07) is 7.46. The van der Waals surface area contributed by atoms with Crippen molar-refractivity contribution in [2.75, 3.05) is 0 Å². The van der Waals surface area contributed by atoms with Crippen molar-refractivity contribution in [2.45, 2.75) is 26.3 Å². The molecule has 4 heterocycles. The molecule has 0 atom stereocenters. The highest BCUT2D eigenvalue weighted by Gasteiger charge is 2.12. The van der Waals surface area contributed by atoms with Gasteiger partial charge in [0.2, 0.25) is 11.7 Å². The third kappa shape index (κ3) is 3.34. The Hall–Kier alpha value is -3.42. The minimum absolute atomic E-state index is 0.495. The summed E-state index contributed by atoms with van der Waals surface area (Å²) < 4.78 is 7.36. The Morgan fingerprint density at radius 3 is 2.77 bits per heavy atom. The standard InChI is InChI=1S/C18H17N7O/c1-2-15-20-9-6-14(22-15)18-21-10-12-25(18)11-7-16-23-17(24-26-16)13-5-3-4-8-19-13/h3-6,8-10,12H,2,7,11H2,1H3. The lowest BCUT2D eigenvalue weighted by molar-refractivity contribution is 0.372. The van der Waals surface area contributed by atoms with Gasteiger partial charge < -0.3 is 9.09 Å². The SMILES string of the molecule is CCc1nccc(-c2nccn2CCc2nc(-c3ccccn3)no2)n1. The van der Waals surface area contributed by atoms with Crippen LogP contribution >= 0.6 is 0 Å². The average molecular weight is 347 g/mol. The average Bonchev–Trinajstić information content (AvgIpc) is 3.36. The molecule has 0 unspecified atom stereocenters. The number of nitrogens with zero attached hydrogens (tertiary/aromatic N) is 7. The smallest absolute Gasteiger partial charge is 0.228 e. The molecule has 4 aromatic rings. The topological polar surface area (TPSA) is 95.4 Å². The lowest BCUT2D eigenvalue weighted by atomic mass is 10.3. The molecule has 0 aliphatic carbocycles. The van der Waals surface area contributed by atoms with Gasteiger partial charge >= 0.3 is 0 Å². The highest BCUT2D eigenvalue weighted by Crippen LogP contribution is 2.16. The Morgan fingerprint density at radius 1 is 0.962 bits per heavy atom. The molecule has 0 saturated heterocycles. The first-order chi connectivity index (χ1) is 12.8. The maximum atomic E-state index is 5.34. The van der Waals surface area contributed by atoms with Gasteiger partial charge in [-0.25, -0.2) is 15.0 Å². The zero-order chi connectivity index (χ0) is 17.8. The second-order valence-electron chi connectivity index (χ2n) is 5.63. The predicted octanol–water partition coefficient (Wildman–Crippen LogP) is 2.59. The molecule has 0 aromatic carbocycles. The number of pyridine rings is 1. The number of hydrogen-bond acceptors (Lipinski definition) is 7. The number of aromatic nitrogens is 7. The zero-order valence-corrected chi connectivity index (χ0v) is 14.3. The van der Waals surface area contributed by atoms with Crippen molar-refractivity contribution in [3.8, 4) is 23.0 Å². The summed E-state index contributed by atoms with van der Waals surface area (Å²) in [6.07, 6.45) is 8.52. The van der Waals surface area contributed by atoms with E-state index in [2.05, 4.69) is 30.1 Å². The van der Waals surface area contributed by atoms with E-state index in [1.165, 1.54) is 0 Å². The van der Waals surface area contributed by atoms with Gasteiger partial charge in [-0.1, -0.05) is 18.1 Å². The molecule has 0 aliphatic rings. The van der Waals surface area contributed by atoms with Crippen molar-refractivity contribution in [3.05, 3.63) is 60.8 Å². The second-order valence-corrected chi connectivity index (χ2v) is 5.63. The van der Waals surface area contributed by atoms with Gasteiger partial charge in [0, 0.05) is 44.2 Å². The molecule has 0 fully saturated rings. The Labute approximate surface area is 150 Å². The molecule has 4 rings (SSSR count). The molecule has 0 N–H and O–H groups in total. The van der Waals surface area contributed by atoms with E-state index in [4.69, 9.17) is 4.52 Å². The summed E-state index contributed by atoms with van der Waals surface area (Å²) in [4.78, 5) is 21.8. The summed E-state index contributed by atoms with van der Waals surface area (Å²) in [5, 5.41) is 4.00. The van der Waals surface area contributed by atoms with Crippen molar-refractivity contribution in [1.29, 1.82) is 0 Å². The van der Waals surface area contributed by atoms with Gasteiger partial charge in [-0.2, -0.15) is 4.98 Å². The van der Waals surface area contributed by atoms with Crippen LogP contribution in [0.3, 0.4) is 0 Å². The molecular weight excluding hydrogens is 330 g/mol. The molecule has 8 heteroatoms. The first kappa shape index (κ1) is 16.1. The van der Waals surface area contributed by atoms with Gasteiger partial charge in [0.25, 0.3) is 0 Å². The molecule has 4 aromatic heterocycles. The molecule has 0 spiro atoms. The number of aryl methyl sites for hydroxylation is 3. The molecule has 8 nitrogen and oxygen atoms in total. The van der Waals surface area contributed by atoms with E-state index in [0.717, 1.165) is 23.8 Å². The normalized spacial score (nSPS) is 11.0. The fraction of sp³-hybridized carbons (Fsp3) is 0.222. The van der Waals surface area contributed by atoms with E-state index in [-0.39, 0.29) is 0 Å². The maximum Gasteiger partial charge on any atom is 0.228 e. The van der Waals surface area contributed by atoms with Crippen molar-refractivity contribution in [3.63, 3.8) is 0 Å². The van der Waals surface area contributed by atoms with Crippen LogP contribution < -0.4 is 0 Å². The van der Waals surface area contributed by atoms with E-state index in [9.17, 15) is 0 Å². The number of rotatable bonds is 6. The summed E-state index contributed by atoms with van der Waals surface area (Å²) in [7, 11) is 0. The highest BCUT2D eigenvalue weighted by atomic mass is 16.5. The fourth-order valence-electron chi connectivity index (χ4n) is 2.59. The fourth-order valence-corrected chi connectivity index (χ4v) is 2.59. The highest BCUT2D eigenvalue weighted by molar-refractivity contribution is 5.49. The van der Waals surface area contributed by atoms with Gasteiger partial charge in [0.05, 0.1) is 0 Å². The third-order valence-electron chi connectivity index (χ3n) is 3.89. The Balaban J connectivity index is 1.49. The van der Waals surface area contributed by atoms with Crippen LogP contribution in [0.5, 0.6) is 0 Å². The minimum Gasteiger partial charge on any atom is -0.339 e. The van der Waals surface area contributed by atoms with Crippen LogP contribution in [0.1, 0.15) is 18.6 Å². The lowest BCUT2D eigenvalue weighted by Crippen LogP contribution is -2.05. The van der Waals surface area contributed by atoms with Crippen LogP contribution in [0.25, 0.3) is 23.0 Å². The lowest BCUT2D eigenvalue weighted by Gasteiger charge is -2.06. The van der Waals surface area contributed by atoms with E-state index < -0.39 is 0 Å². The van der Waals surface area contributed by atoms with Crippen LogP contribution in [0.15, 0.2) is 53.6 Å². The van der Waals surface area contributed by atoms with Gasteiger partial charge in [-0.05, 0) is 18.2 Å². The van der Waals surface area contributed by atoms with Crippen LogP contribution in [0.4, 0.5) is 0 Å². The first-order valence-corrected chi connectivity index (χ1v) is 8.41. The predicted molar refractivity (Wildman–Crippen MR) is 93.9 cm³/mol. The number of hydrogen-bond donors (Lipinski definition) is 0. The summed E-state index contributed by atoms with van der Waals surface area (Å²) in [5.74, 6) is 2.65. The zero-order valence-electron chi connectivity index (χ0n) is 14.3. The largest absolute Gasteiger partial charge is 0.339 e. The quantitative estimate of drug-likeness (QED) is 0.529. The minimum atomic E-state index is 0.495. The molecule has 0 amide bonds. The molecule has 0 aliphatic heterocycles. The van der Waals surface area contributed by atoms with Gasteiger partial charge in [-0.15, -0.1) is 0 Å². The van der Waals surface area contributed by atoms with Gasteiger partial charge in [0.1, 0.15) is 17.2 Å². The summed E-state index contributed by atoms with van der Waals surface area (Å²) in [6.45, 7) is 2.69. The van der Waals surface area contributed by atoms with Crippen molar-refractivity contribution in [1.82, 2.24) is 34.6 Å². The van der Waals surface area contributed by atoms with Crippen LogP contribution in [-0.2, 0) is 19.4 Å². The summed E-state index contributed by atoms with van der Waals surface area (Å²) in [5.41, 5.74) is 1.50. The second kappa shape index (κ2) is 7.22. The van der Waals surface area contributed by atoms with Gasteiger partial charge in [0.15, 0.2) is 5.82 Å². The molecule has 130 valence electrons. The van der Waals surface area contributed by atoms with E-state index >= 15 is 0 Å². The molecule has 0 bridgehead atoms. The monoisotopic (exact) mass is 347 g/mol. The Kier molecular flexibility index (Phi) is 4.46. The van der Waals surface area contributed by atoms with Crippen molar-refractivity contribution >= 4 is 0 Å².